The maximum atomic E-state index is 12.9. The largest absolute Gasteiger partial charge is 0.497 e. The van der Waals surface area contributed by atoms with Crippen LogP contribution in [0.1, 0.15) is 44.5 Å². The number of hydrogen-bond acceptors (Lipinski definition) is 3. The lowest BCUT2D eigenvalue weighted by Crippen LogP contribution is -2.06. The smallest absolute Gasteiger partial charge is 0.209 e. The Morgan fingerprint density at radius 2 is 1.72 bits per heavy atom. The quantitative estimate of drug-likeness (QED) is 0.478. The predicted octanol–water partition coefficient (Wildman–Crippen LogP) is 4.63. The Labute approximate surface area is 168 Å². The maximum absolute atomic E-state index is 12.9. The molecule has 1 unspecified atom stereocenters. The fraction of sp³-hybridized carbons (Fsp3) is 0.0833. The van der Waals surface area contributed by atoms with Crippen LogP contribution >= 0.6 is 0 Å². The highest BCUT2D eigenvalue weighted by Crippen LogP contribution is 2.31. The molecular weight excluding hydrogens is 362 g/mol. The molecule has 0 saturated heterocycles. The van der Waals surface area contributed by atoms with Crippen LogP contribution in [0.2, 0.25) is 0 Å². The number of aromatic nitrogens is 2. The molecule has 0 spiro atoms. The number of nitrogens with one attached hydrogen (secondary N) is 2. The number of ketones is 1. The van der Waals surface area contributed by atoms with Crippen LogP contribution in [0.4, 0.5) is 0 Å². The Morgan fingerprint density at radius 1 is 0.966 bits per heavy atom. The third kappa shape index (κ3) is 3.69. The number of H-pyrrole nitrogens is 2. The molecule has 5 nitrogen and oxygen atoms in total. The first-order valence-electron chi connectivity index (χ1n) is 9.20. The summed E-state index contributed by atoms with van der Waals surface area (Å²) in [6.45, 7) is 0. The molecule has 2 heterocycles. The van der Waals surface area contributed by atoms with Crippen LogP contribution < -0.4 is 4.74 Å². The Bertz CT molecular complexity index is 1150. The number of benzene rings is 2. The monoisotopic (exact) mass is 381 g/mol. The van der Waals surface area contributed by atoms with Gasteiger partial charge in [0.15, 0.2) is 0 Å². The van der Waals surface area contributed by atoms with Crippen LogP contribution in [0.3, 0.4) is 0 Å². The van der Waals surface area contributed by atoms with Crippen molar-refractivity contribution in [3.05, 3.63) is 113 Å². The van der Waals surface area contributed by atoms with E-state index in [1.165, 1.54) is 0 Å². The first-order valence-corrected chi connectivity index (χ1v) is 9.20. The van der Waals surface area contributed by atoms with E-state index in [0.717, 1.165) is 17.0 Å². The van der Waals surface area contributed by atoms with E-state index in [0.29, 0.717) is 22.6 Å². The van der Waals surface area contributed by atoms with Gasteiger partial charge in [-0.15, -0.1) is 0 Å². The number of nitrogens with zero attached hydrogens (tertiary/aromatic N) is 1. The molecule has 5 heteroatoms. The second-order valence-corrected chi connectivity index (χ2v) is 6.68. The minimum atomic E-state index is -0.102. The standard InChI is InChI=1S/C24H19N3O2/c1-29-19-10-8-18(9-11-19)24(28)22-13-12-21(27-22)23(20-3-2-14-26-20)17-6-4-16(15-25)5-7-17/h2-14,23,26-27H,1H3. The number of ether oxygens (including phenoxy) is 1. The second kappa shape index (κ2) is 7.91. The summed E-state index contributed by atoms with van der Waals surface area (Å²) in [5, 5.41) is 9.07. The number of carbonyl (C=O) groups is 1. The van der Waals surface area contributed by atoms with E-state index in [2.05, 4.69) is 16.0 Å². The van der Waals surface area contributed by atoms with E-state index in [9.17, 15) is 4.79 Å². The lowest BCUT2D eigenvalue weighted by atomic mass is 9.92. The van der Waals surface area contributed by atoms with E-state index >= 15 is 0 Å². The summed E-state index contributed by atoms with van der Waals surface area (Å²) in [5.74, 6) is 0.528. The van der Waals surface area contributed by atoms with E-state index in [-0.39, 0.29) is 11.7 Å². The summed E-state index contributed by atoms with van der Waals surface area (Å²) in [6.07, 6.45) is 1.87. The molecule has 0 aliphatic rings. The molecule has 1 atom stereocenters. The number of methoxy groups -OCH3 is 1. The van der Waals surface area contributed by atoms with Crippen molar-refractivity contribution in [2.24, 2.45) is 0 Å². The number of nitriles is 1. The topological polar surface area (TPSA) is 81.7 Å². The number of hydrogen-bond donors (Lipinski definition) is 2. The van der Waals surface area contributed by atoms with Crippen molar-refractivity contribution in [3.63, 3.8) is 0 Å². The molecule has 2 N–H and O–H groups in total. The van der Waals surface area contributed by atoms with Crippen molar-refractivity contribution in [1.82, 2.24) is 9.97 Å². The Hall–Kier alpha value is -4.04. The van der Waals surface area contributed by atoms with Gasteiger partial charge in [0, 0.05) is 23.1 Å². The second-order valence-electron chi connectivity index (χ2n) is 6.68. The van der Waals surface area contributed by atoms with Gasteiger partial charge in [-0.1, -0.05) is 12.1 Å². The van der Waals surface area contributed by atoms with E-state index in [1.54, 1.807) is 43.5 Å². The first kappa shape index (κ1) is 18.3. The fourth-order valence-electron chi connectivity index (χ4n) is 3.41. The molecule has 0 aliphatic carbocycles. The molecule has 0 bridgehead atoms. The molecule has 0 amide bonds. The molecule has 29 heavy (non-hydrogen) atoms. The third-order valence-corrected chi connectivity index (χ3v) is 4.92. The van der Waals surface area contributed by atoms with Gasteiger partial charge in [-0.25, -0.2) is 0 Å². The molecule has 0 fully saturated rings. The van der Waals surface area contributed by atoms with Gasteiger partial charge in [0.2, 0.25) is 5.78 Å². The minimum Gasteiger partial charge on any atom is -0.497 e. The van der Waals surface area contributed by atoms with Crippen molar-refractivity contribution in [1.29, 1.82) is 5.26 Å². The van der Waals surface area contributed by atoms with Gasteiger partial charge in [-0.3, -0.25) is 4.79 Å². The third-order valence-electron chi connectivity index (χ3n) is 4.92. The highest BCUT2D eigenvalue weighted by Gasteiger charge is 2.21. The summed E-state index contributed by atoms with van der Waals surface area (Å²) in [6, 6.07) is 24.4. The summed E-state index contributed by atoms with van der Waals surface area (Å²) in [5.41, 5.74) is 4.65. The van der Waals surface area contributed by atoms with Crippen molar-refractivity contribution < 1.29 is 9.53 Å². The summed E-state index contributed by atoms with van der Waals surface area (Å²) in [7, 11) is 1.60. The SMILES string of the molecule is COc1ccc(C(=O)c2ccc(C(c3ccc(C#N)cc3)c3ccc[nH]3)[nH]2)cc1. The Morgan fingerprint density at radius 3 is 2.34 bits per heavy atom. The molecule has 0 aliphatic heterocycles. The number of carbonyl (C=O) groups excluding carboxylic acids is 1. The molecular formula is C24H19N3O2. The molecule has 2 aromatic carbocycles. The lowest BCUT2D eigenvalue weighted by molar-refractivity contribution is 0.103. The maximum Gasteiger partial charge on any atom is 0.209 e. The van der Waals surface area contributed by atoms with Crippen LogP contribution in [-0.2, 0) is 0 Å². The van der Waals surface area contributed by atoms with Crippen molar-refractivity contribution in [3.8, 4) is 11.8 Å². The van der Waals surface area contributed by atoms with Crippen molar-refractivity contribution in [2.75, 3.05) is 7.11 Å². The summed E-state index contributed by atoms with van der Waals surface area (Å²) >= 11 is 0. The molecule has 4 rings (SSSR count). The zero-order valence-corrected chi connectivity index (χ0v) is 15.8. The molecule has 0 saturated carbocycles. The molecule has 0 radical (unpaired) electrons. The fourth-order valence-corrected chi connectivity index (χ4v) is 3.41. The van der Waals surface area contributed by atoms with Crippen molar-refractivity contribution in [2.45, 2.75) is 5.92 Å². The average Bonchev–Trinajstić information content (AvgIpc) is 3.47. The predicted molar refractivity (Wildman–Crippen MR) is 110 cm³/mol. The number of aromatic amines is 2. The van der Waals surface area contributed by atoms with Crippen LogP contribution in [0.15, 0.2) is 79.0 Å². The zero-order valence-electron chi connectivity index (χ0n) is 15.8. The zero-order chi connectivity index (χ0) is 20.2. The average molecular weight is 381 g/mol. The molecule has 142 valence electrons. The minimum absolute atomic E-state index is 0.0797. The molecule has 4 aromatic rings. The van der Waals surface area contributed by atoms with Crippen LogP contribution in [0.5, 0.6) is 5.75 Å². The van der Waals surface area contributed by atoms with Crippen LogP contribution in [0.25, 0.3) is 0 Å². The van der Waals surface area contributed by atoms with E-state index in [4.69, 9.17) is 10.00 Å². The first-order chi connectivity index (χ1) is 14.2. The van der Waals surface area contributed by atoms with Gasteiger partial charge >= 0.3 is 0 Å². The highest BCUT2D eigenvalue weighted by atomic mass is 16.5. The van der Waals surface area contributed by atoms with Crippen LogP contribution in [-0.4, -0.2) is 22.9 Å². The summed E-state index contributed by atoms with van der Waals surface area (Å²) in [4.78, 5) is 19.4. The van der Waals surface area contributed by atoms with Gasteiger partial charge in [0.1, 0.15) is 5.75 Å². The van der Waals surface area contributed by atoms with E-state index < -0.39 is 0 Å². The Kier molecular flexibility index (Phi) is 5.00. The van der Waals surface area contributed by atoms with Crippen LogP contribution in [0, 0.1) is 11.3 Å². The van der Waals surface area contributed by atoms with Gasteiger partial charge in [-0.05, 0) is 66.2 Å². The molecule has 2 aromatic heterocycles. The van der Waals surface area contributed by atoms with Gasteiger partial charge < -0.3 is 14.7 Å². The van der Waals surface area contributed by atoms with Crippen molar-refractivity contribution >= 4 is 5.78 Å². The van der Waals surface area contributed by atoms with Gasteiger partial charge in [-0.2, -0.15) is 5.26 Å². The lowest BCUT2D eigenvalue weighted by Gasteiger charge is -2.15. The Balaban J connectivity index is 1.68. The summed E-state index contributed by atoms with van der Waals surface area (Å²) < 4.78 is 5.15. The van der Waals surface area contributed by atoms with Gasteiger partial charge in [0.25, 0.3) is 0 Å². The highest BCUT2D eigenvalue weighted by molar-refractivity contribution is 6.07. The normalized spacial score (nSPS) is 11.6. The number of rotatable bonds is 6. The van der Waals surface area contributed by atoms with Gasteiger partial charge in [0.05, 0.1) is 30.4 Å². The van der Waals surface area contributed by atoms with E-state index in [1.807, 2.05) is 42.6 Å².